The molecule has 0 aromatic heterocycles. The first-order valence-corrected chi connectivity index (χ1v) is 5.76. The molecule has 3 heteroatoms. The highest BCUT2D eigenvalue weighted by molar-refractivity contribution is 5.79. The van der Waals surface area contributed by atoms with Gasteiger partial charge in [0.1, 0.15) is 5.54 Å². The number of methoxy groups -OCH3 is 1. The zero-order chi connectivity index (χ0) is 13.1. The van der Waals surface area contributed by atoms with Crippen LogP contribution in [0.1, 0.15) is 30.5 Å². The highest BCUT2D eigenvalue weighted by atomic mass is 16.5. The van der Waals surface area contributed by atoms with E-state index in [0.29, 0.717) is 6.54 Å². The average molecular weight is 235 g/mol. The normalized spacial score (nSPS) is 11.4. The lowest BCUT2D eigenvalue weighted by molar-refractivity contribution is -0.147. The third-order valence-electron chi connectivity index (χ3n) is 2.91. The molecule has 1 rings (SSSR count). The second-order valence-electron chi connectivity index (χ2n) is 4.90. The number of ether oxygens (including phenoxy) is 1. The minimum atomic E-state index is -0.661. The molecule has 0 atom stereocenters. The van der Waals surface area contributed by atoms with Crippen molar-refractivity contribution in [2.45, 2.75) is 39.8 Å². The number of carbonyl (C=O) groups is 1. The number of carbonyl (C=O) groups excluding carboxylic acids is 1. The molecule has 1 aromatic rings. The van der Waals surface area contributed by atoms with Crippen molar-refractivity contribution in [3.8, 4) is 0 Å². The van der Waals surface area contributed by atoms with Gasteiger partial charge in [0.2, 0.25) is 0 Å². The third-order valence-corrected chi connectivity index (χ3v) is 2.91. The maximum atomic E-state index is 11.5. The van der Waals surface area contributed by atoms with Gasteiger partial charge in [-0.2, -0.15) is 0 Å². The monoisotopic (exact) mass is 235 g/mol. The van der Waals surface area contributed by atoms with Crippen LogP contribution in [0.5, 0.6) is 0 Å². The first kappa shape index (κ1) is 13.7. The Kier molecular flexibility index (Phi) is 4.29. The average Bonchev–Trinajstić information content (AvgIpc) is 2.26. The molecular weight excluding hydrogens is 214 g/mol. The molecule has 17 heavy (non-hydrogen) atoms. The summed E-state index contributed by atoms with van der Waals surface area (Å²) in [6.45, 7) is 8.46. The summed E-state index contributed by atoms with van der Waals surface area (Å²) < 4.78 is 4.75. The summed E-state index contributed by atoms with van der Waals surface area (Å²) in [4.78, 5) is 11.5. The van der Waals surface area contributed by atoms with Crippen molar-refractivity contribution < 1.29 is 9.53 Å². The summed E-state index contributed by atoms with van der Waals surface area (Å²) in [5.41, 5.74) is 3.02. The van der Waals surface area contributed by atoms with Gasteiger partial charge in [-0.3, -0.25) is 10.1 Å². The molecule has 0 bridgehead atoms. The minimum Gasteiger partial charge on any atom is -0.468 e. The van der Waals surface area contributed by atoms with Gasteiger partial charge < -0.3 is 4.74 Å². The molecule has 0 aliphatic carbocycles. The largest absolute Gasteiger partial charge is 0.468 e. The Morgan fingerprint density at radius 3 is 2.53 bits per heavy atom. The highest BCUT2D eigenvalue weighted by Gasteiger charge is 2.27. The van der Waals surface area contributed by atoms with Crippen molar-refractivity contribution in [2.75, 3.05) is 7.11 Å². The van der Waals surface area contributed by atoms with Crippen molar-refractivity contribution in [2.24, 2.45) is 0 Å². The smallest absolute Gasteiger partial charge is 0.325 e. The molecule has 0 amide bonds. The van der Waals surface area contributed by atoms with Crippen LogP contribution in [0.2, 0.25) is 0 Å². The summed E-state index contributed by atoms with van der Waals surface area (Å²) in [6, 6.07) is 6.31. The van der Waals surface area contributed by atoms with Crippen molar-refractivity contribution in [1.29, 1.82) is 0 Å². The van der Waals surface area contributed by atoms with Gasteiger partial charge in [-0.05, 0) is 38.8 Å². The molecule has 0 spiro atoms. The lowest BCUT2D eigenvalue weighted by atomic mass is 10.0. The summed E-state index contributed by atoms with van der Waals surface area (Å²) >= 11 is 0. The number of esters is 1. The molecule has 0 unspecified atom stereocenters. The lowest BCUT2D eigenvalue weighted by Crippen LogP contribution is -2.47. The Labute approximate surface area is 103 Å². The molecule has 0 aliphatic heterocycles. The van der Waals surface area contributed by atoms with Gasteiger partial charge in [0, 0.05) is 6.54 Å². The van der Waals surface area contributed by atoms with E-state index in [4.69, 9.17) is 4.74 Å². The summed E-state index contributed by atoms with van der Waals surface area (Å²) in [5, 5.41) is 3.21. The summed E-state index contributed by atoms with van der Waals surface area (Å²) in [6.07, 6.45) is 0. The van der Waals surface area contributed by atoms with Crippen LogP contribution in [-0.2, 0) is 16.1 Å². The molecule has 0 fully saturated rings. The quantitative estimate of drug-likeness (QED) is 0.814. The molecule has 0 heterocycles. The Balaban J connectivity index is 2.70. The fourth-order valence-corrected chi connectivity index (χ4v) is 1.69. The highest BCUT2D eigenvalue weighted by Crippen LogP contribution is 2.12. The number of benzene rings is 1. The molecule has 94 valence electrons. The second-order valence-corrected chi connectivity index (χ2v) is 4.90. The molecule has 0 radical (unpaired) electrons. The van der Waals surface area contributed by atoms with Crippen molar-refractivity contribution in [1.82, 2.24) is 5.32 Å². The van der Waals surface area contributed by atoms with Crippen LogP contribution in [-0.4, -0.2) is 18.6 Å². The van der Waals surface area contributed by atoms with E-state index in [0.717, 1.165) is 0 Å². The van der Waals surface area contributed by atoms with Crippen LogP contribution in [0.3, 0.4) is 0 Å². The Morgan fingerprint density at radius 2 is 2.00 bits per heavy atom. The van der Waals surface area contributed by atoms with Crippen LogP contribution in [0.15, 0.2) is 18.2 Å². The van der Waals surface area contributed by atoms with E-state index in [1.807, 2.05) is 13.8 Å². The van der Waals surface area contributed by atoms with Gasteiger partial charge in [0.15, 0.2) is 0 Å². The minimum absolute atomic E-state index is 0.248. The van der Waals surface area contributed by atoms with E-state index in [2.05, 4.69) is 37.4 Å². The number of hydrogen-bond acceptors (Lipinski definition) is 3. The van der Waals surface area contributed by atoms with E-state index >= 15 is 0 Å². The summed E-state index contributed by atoms with van der Waals surface area (Å²) in [5.74, 6) is -0.248. The van der Waals surface area contributed by atoms with Gasteiger partial charge in [0.25, 0.3) is 0 Å². The maximum absolute atomic E-state index is 11.5. The van der Waals surface area contributed by atoms with Crippen LogP contribution < -0.4 is 5.32 Å². The number of rotatable bonds is 4. The van der Waals surface area contributed by atoms with Crippen molar-refractivity contribution in [3.05, 3.63) is 34.9 Å². The lowest BCUT2D eigenvalue weighted by Gasteiger charge is -2.23. The molecular formula is C14H21NO2. The number of nitrogens with one attached hydrogen (secondary N) is 1. The van der Waals surface area contributed by atoms with Gasteiger partial charge in [-0.1, -0.05) is 23.8 Å². The second kappa shape index (κ2) is 5.32. The van der Waals surface area contributed by atoms with E-state index in [-0.39, 0.29) is 5.97 Å². The maximum Gasteiger partial charge on any atom is 0.325 e. The fourth-order valence-electron chi connectivity index (χ4n) is 1.69. The Bertz CT molecular complexity index is 411. The third kappa shape index (κ3) is 3.56. The molecule has 1 N–H and O–H groups in total. The van der Waals surface area contributed by atoms with E-state index in [1.165, 1.54) is 23.8 Å². The van der Waals surface area contributed by atoms with Gasteiger partial charge in [-0.25, -0.2) is 0 Å². The van der Waals surface area contributed by atoms with E-state index in [1.54, 1.807) is 0 Å². The first-order chi connectivity index (χ1) is 7.86. The SMILES string of the molecule is COC(=O)C(C)(C)NCc1ccc(C)cc1C. The number of hydrogen-bond donors (Lipinski definition) is 1. The van der Waals surface area contributed by atoms with Gasteiger partial charge in [-0.15, -0.1) is 0 Å². The molecule has 1 aromatic carbocycles. The molecule has 0 aliphatic rings. The fraction of sp³-hybridized carbons (Fsp3) is 0.500. The molecule has 0 saturated heterocycles. The van der Waals surface area contributed by atoms with E-state index in [9.17, 15) is 4.79 Å². The Morgan fingerprint density at radius 1 is 1.35 bits per heavy atom. The zero-order valence-electron chi connectivity index (χ0n) is 11.3. The van der Waals surface area contributed by atoms with Crippen LogP contribution in [0.25, 0.3) is 0 Å². The molecule has 0 saturated carbocycles. The predicted molar refractivity (Wildman–Crippen MR) is 68.9 cm³/mol. The van der Waals surface area contributed by atoms with Crippen LogP contribution in [0.4, 0.5) is 0 Å². The summed E-state index contributed by atoms with van der Waals surface area (Å²) in [7, 11) is 1.41. The Hall–Kier alpha value is -1.35. The van der Waals surface area contributed by atoms with Gasteiger partial charge >= 0.3 is 5.97 Å². The standard InChI is InChI=1S/C14H21NO2/c1-10-6-7-12(11(2)8-10)9-15-14(3,4)13(16)17-5/h6-8,15H,9H2,1-5H3. The van der Waals surface area contributed by atoms with E-state index < -0.39 is 5.54 Å². The van der Waals surface area contributed by atoms with Crippen molar-refractivity contribution in [3.63, 3.8) is 0 Å². The van der Waals surface area contributed by atoms with Crippen molar-refractivity contribution >= 4 is 5.97 Å². The van der Waals surface area contributed by atoms with Gasteiger partial charge in [0.05, 0.1) is 7.11 Å². The predicted octanol–water partition coefficient (Wildman–Crippen LogP) is 2.34. The molecule has 3 nitrogen and oxygen atoms in total. The topological polar surface area (TPSA) is 38.3 Å². The first-order valence-electron chi connectivity index (χ1n) is 5.76. The van der Waals surface area contributed by atoms with Crippen LogP contribution >= 0.6 is 0 Å². The van der Waals surface area contributed by atoms with Crippen LogP contribution in [0, 0.1) is 13.8 Å². The number of aryl methyl sites for hydroxylation is 2. The zero-order valence-corrected chi connectivity index (χ0v) is 11.3.